The van der Waals surface area contributed by atoms with E-state index in [1.165, 1.54) is 18.4 Å². The van der Waals surface area contributed by atoms with Crippen molar-refractivity contribution in [2.45, 2.75) is 6.61 Å². The van der Waals surface area contributed by atoms with E-state index in [4.69, 9.17) is 17.8 Å². The largest absolute Gasteiger partial charge is 0.497 e. The number of hydrogen-bond donors (Lipinski definition) is 0. The van der Waals surface area contributed by atoms with Crippen LogP contribution >= 0.6 is 60.8 Å². The Balaban J connectivity index is 2.30. The van der Waals surface area contributed by atoms with Crippen molar-refractivity contribution in [3.63, 3.8) is 0 Å². The van der Waals surface area contributed by atoms with Crippen molar-refractivity contribution in [2.24, 2.45) is 5.92 Å². The van der Waals surface area contributed by atoms with Crippen LogP contribution in [-0.2, 0) is 19.7 Å². The highest BCUT2D eigenvalue weighted by Crippen LogP contribution is 2.19. The zero-order valence-corrected chi connectivity index (χ0v) is 16.9. The number of benzene rings is 1. The van der Waals surface area contributed by atoms with Crippen LogP contribution in [0.3, 0.4) is 0 Å². The van der Waals surface area contributed by atoms with Gasteiger partial charge in [0.15, 0.2) is 0 Å². The van der Waals surface area contributed by atoms with Crippen LogP contribution in [0.5, 0.6) is 5.75 Å². The van der Waals surface area contributed by atoms with E-state index in [0.29, 0.717) is 26.4 Å². The summed E-state index contributed by atoms with van der Waals surface area (Å²) in [7, 11) is 4.33. The molecule has 0 aliphatic rings. The first-order chi connectivity index (χ1) is 9.80. The fourth-order valence-corrected chi connectivity index (χ4v) is 2.82. The first-order valence-corrected chi connectivity index (χ1v) is 12.4. The maximum Gasteiger partial charge on any atom is 0.118 e. The molecule has 4 nitrogen and oxygen atoms in total. The number of methoxy groups -OCH3 is 1. The highest BCUT2D eigenvalue weighted by molar-refractivity contribution is 14.2. The molecule has 0 aliphatic heterocycles. The molecular formula is C12H16I2O4S2. The molecule has 0 heterocycles. The summed E-state index contributed by atoms with van der Waals surface area (Å²) in [5, 5.41) is 0. The zero-order valence-electron chi connectivity index (χ0n) is 10.9. The molecule has 0 radical (unpaired) electrons. The average molecular weight is 542 g/mol. The minimum absolute atomic E-state index is 0.234. The Kier molecular flexibility index (Phi) is 12.0. The van der Waals surface area contributed by atoms with Crippen molar-refractivity contribution in [1.29, 1.82) is 0 Å². The molecule has 0 spiro atoms. The van der Waals surface area contributed by atoms with Gasteiger partial charge in [-0.25, -0.2) is 0 Å². The molecule has 0 fully saturated rings. The van der Waals surface area contributed by atoms with Crippen LogP contribution in [0, 0.1) is 5.92 Å². The molecule has 1 rings (SSSR count). The third-order valence-electron chi connectivity index (χ3n) is 2.48. The molecule has 0 saturated heterocycles. The monoisotopic (exact) mass is 542 g/mol. The van der Waals surface area contributed by atoms with E-state index in [1.807, 2.05) is 24.3 Å². The van der Waals surface area contributed by atoms with E-state index in [-0.39, 0.29) is 5.92 Å². The topological polar surface area (TPSA) is 36.9 Å². The molecule has 8 heteroatoms. The average Bonchev–Trinajstić information content (AvgIpc) is 2.50. The molecule has 1 aromatic carbocycles. The van der Waals surface area contributed by atoms with Gasteiger partial charge in [0.25, 0.3) is 0 Å². The van der Waals surface area contributed by atoms with E-state index < -0.39 is 0 Å². The Morgan fingerprint density at radius 1 is 1.00 bits per heavy atom. The lowest BCUT2D eigenvalue weighted by Crippen LogP contribution is -2.19. The Morgan fingerprint density at radius 3 is 2.10 bits per heavy atom. The fourth-order valence-electron chi connectivity index (χ4n) is 1.45. The number of halogens is 2. The van der Waals surface area contributed by atoms with Crippen molar-refractivity contribution in [2.75, 3.05) is 26.9 Å². The number of ether oxygens (including phenoxy) is 2. The Hall–Kier alpha value is 1.06. The summed E-state index contributed by atoms with van der Waals surface area (Å²) < 4.78 is 21.5. The third kappa shape index (κ3) is 8.49. The van der Waals surface area contributed by atoms with Gasteiger partial charge in [-0.1, -0.05) is 12.1 Å². The molecule has 0 atom stereocenters. The molecule has 20 heavy (non-hydrogen) atoms. The quantitative estimate of drug-likeness (QED) is 0.294. The van der Waals surface area contributed by atoms with Crippen molar-refractivity contribution in [3.05, 3.63) is 29.8 Å². The minimum atomic E-state index is 0.234. The molecular weight excluding hydrogens is 526 g/mol. The standard InChI is InChI=1S/C12H16I2O4S2/c1-15-12-4-2-10(3-5-12)6-16-7-11(8-17-19-13)9-18-20-14/h2-5,11H,6-9H2,1H3. The molecule has 0 saturated carbocycles. The van der Waals surface area contributed by atoms with Gasteiger partial charge in [-0.15, -0.1) is 0 Å². The zero-order chi connectivity index (χ0) is 14.6. The van der Waals surface area contributed by atoms with Crippen LogP contribution in [0.25, 0.3) is 0 Å². The Morgan fingerprint density at radius 2 is 1.60 bits per heavy atom. The molecule has 0 aliphatic carbocycles. The number of rotatable bonds is 11. The van der Waals surface area contributed by atoms with E-state index in [0.717, 1.165) is 11.3 Å². The smallest absolute Gasteiger partial charge is 0.118 e. The summed E-state index contributed by atoms with van der Waals surface area (Å²) in [6.07, 6.45) is 0. The van der Waals surface area contributed by atoms with E-state index in [1.54, 1.807) is 7.11 Å². The van der Waals surface area contributed by atoms with Gasteiger partial charge >= 0.3 is 0 Å². The van der Waals surface area contributed by atoms with Crippen LogP contribution in [0.2, 0.25) is 0 Å². The summed E-state index contributed by atoms with van der Waals surface area (Å²) in [5.74, 6) is 1.09. The van der Waals surface area contributed by atoms with Gasteiger partial charge in [0.1, 0.15) is 5.75 Å². The fraction of sp³-hybridized carbons (Fsp3) is 0.500. The van der Waals surface area contributed by atoms with Crippen LogP contribution in [0.15, 0.2) is 24.3 Å². The molecule has 0 N–H and O–H groups in total. The van der Waals surface area contributed by atoms with Gasteiger partial charge in [0, 0.05) is 48.3 Å². The third-order valence-corrected chi connectivity index (χ3v) is 4.45. The predicted octanol–water partition coefficient (Wildman–Crippen LogP) is 4.86. The van der Waals surface area contributed by atoms with Gasteiger partial charge in [-0.3, -0.25) is 0 Å². The molecule has 1 aromatic rings. The molecule has 0 unspecified atom stereocenters. The summed E-state index contributed by atoms with van der Waals surface area (Å²) >= 11 is 4.21. The van der Waals surface area contributed by atoms with Gasteiger partial charge < -0.3 is 17.8 Å². The van der Waals surface area contributed by atoms with E-state index >= 15 is 0 Å². The second-order valence-electron chi connectivity index (χ2n) is 3.92. The highest BCUT2D eigenvalue weighted by Gasteiger charge is 2.11. The van der Waals surface area contributed by atoms with Crippen molar-refractivity contribution in [1.82, 2.24) is 0 Å². The van der Waals surface area contributed by atoms with Crippen LogP contribution in [-0.4, -0.2) is 26.9 Å². The molecule has 0 aromatic heterocycles. The van der Waals surface area contributed by atoms with Gasteiger partial charge in [0.05, 0.1) is 52.0 Å². The van der Waals surface area contributed by atoms with Gasteiger partial charge in [0.2, 0.25) is 0 Å². The lowest BCUT2D eigenvalue weighted by atomic mass is 10.2. The predicted molar refractivity (Wildman–Crippen MR) is 101 cm³/mol. The SMILES string of the molecule is COc1ccc(COCC(COSI)COSI)cc1. The second-order valence-corrected chi connectivity index (χ2v) is 6.81. The first kappa shape index (κ1) is 19.1. The maximum atomic E-state index is 5.73. The summed E-state index contributed by atoms with van der Waals surface area (Å²) in [6.45, 7) is 2.43. The molecule has 114 valence electrons. The Labute approximate surface area is 152 Å². The van der Waals surface area contributed by atoms with Crippen LogP contribution in [0.1, 0.15) is 5.56 Å². The van der Waals surface area contributed by atoms with Crippen molar-refractivity contribution >= 4 is 60.8 Å². The van der Waals surface area contributed by atoms with Crippen LogP contribution < -0.4 is 4.74 Å². The molecule has 0 amide bonds. The Bertz CT molecular complexity index is 346. The summed E-state index contributed by atoms with van der Waals surface area (Å²) in [5.41, 5.74) is 1.12. The van der Waals surface area contributed by atoms with Gasteiger partial charge in [-0.05, 0) is 17.7 Å². The van der Waals surface area contributed by atoms with E-state index in [2.05, 4.69) is 42.4 Å². The normalized spacial score (nSPS) is 11.0. The summed E-state index contributed by atoms with van der Waals surface area (Å²) in [4.78, 5) is 0. The van der Waals surface area contributed by atoms with Crippen molar-refractivity contribution < 1.29 is 17.8 Å². The molecule has 0 bridgehead atoms. The minimum Gasteiger partial charge on any atom is -0.497 e. The lowest BCUT2D eigenvalue weighted by molar-refractivity contribution is 0.0553. The van der Waals surface area contributed by atoms with Gasteiger partial charge in [-0.2, -0.15) is 0 Å². The number of hydrogen-bond acceptors (Lipinski definition) is 6. The van der Waals surface area contributed by atoms with E-state index in [9.17, 15) is 0 Å². The summed E-state index contributed by atoms with van der Waals surface area (Å²) in [6, 6.07) is 7.87. The lowest BCUT2D eigenvalue weighted by Gasteiger charge is -2.15. The highest BCUT2D eigenvalue weighted by atomic mass is 127. The maximum absolute atomic E-state index is 5.73. The second kappa shape index (κ2) is 12.6. The van der Waals surface area contributed by atoms with Crippen molar-refractivity contribution in [3.8, 4) is 5.75 Å². The van der Waals surface area contributed by atoms with Crippen LogP contribution in [0.4, 0.5) is 0 Å². The first-order valence-electron chi connectivity index (χ1n) is 5.81.